The Kier molecular flexibility index (Phi) is 5.39. The molecule has 1 aromatic carbocycles. The van der Waals surface area contributed by atoms with E-state index in [4.69, 9.17) is 0 Å². The predicted octanol–water partition coefficient (Wildman–Crippen LogP) is 2.92. The number of anilines is 1. The lowest BCUT2D eigenvalue weighted by Gasteiger charge is -2.29. The second kappa shape index (κ2) is 7.05. The predicted molar refractivity (Wildman–Crippen MR) is 82.8 cm³/mol. The van der Waals surface area contributed by atoms with Gasteiger partial charge in [-0.3, -0.25) is 0 Å². The van der Waals surface area contributed by atoms with E-state index in [9.17, 15) is 0 Å². The normalized spacial score (nSPS) is 19.8. The smallest absolute Gasteiger partial charge is 0.0395 e. The van der Waals surface area contributed by atoms with Crippen molar-refractivity contribution in [2.45, 2.75) is 26.3 Å². The lowest BCUT2D eigenvalue weighted by molar-refractivity contribution is 0.525. The minimum absolute atomic E-state index is 0.696. The molecule has 2 nitrogen and oxygen atoms in total. The van der Waals surface area contributed by atoms with E-state index in [1.54, 1.807) is 0 Å². The van der Waals surface area contributed by atoms with Crippen LogP contribution in [0.3, 0.4) is 0 Å². The molecule has 0 bridgehead atoms. The van der Waals surface area contributed by atoms with Crippen molar-refractivity contribution >= 4 is 17.4 Å². The number of aryl methyl sites for hydroxylation is 1. The fourth-order valence-electron chi connectivity index (χ4n) is 2.48. The zero-order valence-electron chi connectivity index (χ0n) is 11.5. The summed E-state index contributed by atoms with van der Waals surface area (Å²) in [7, 11) is 0. The van der Waals surface area contributed by atoms with E-state index in [0.717, 1.165) is 13.1 Å². The molecule has 1 N–H and O–H groups in total. The van der Waals surface area contributed by atoms with Crippen molar-refractivity contribution in [3.05, 3.63) is 29.8 Å². The summed E-state index contributed by atoms with van der Waals surface area (Å²) >= 11 is 2.08. The van der Waals surface area contributed by atoms with Gasteiger partial charge < -0.3 is 10.2 Å². The minimum Gasteiger partial charge on any atom is -0.372 e. The first-order valence-corrected chi connectivity index (χ1v) is 8.08. The molecule has 1 aliphatic heterocycles. The number of nitrogens with one attached hydrogen (secondary N) is 1. The molecule has 2 rings (SSSR count). The first-order valence-electron chi connectivity index (χ1n) is 6.93. The van der Waals surface area contributed by atoms with Gasteiger partial charge in [0.15, 0.2) is 0 Å². The van der Waals surface area contributed by atoms with Gasteiger partial charge in [-0.05, 0) is 31.9 Å². The largest absolute Gasteiger partial charge is 0.372 e. The van der Waals surface area contributed by atoms with Crippen molar-refractivity contribution in [2.75, 3.05) is 36.0 Å². The van der Waals surface area contributed by atoms with E-state index in [1.165, 1.54) is 35.7 Å². The minimum atomic E-state index is 0.696. The van der Waals surface area contributed by atoms with E-state index in [2.05, 4.69) is 60.1 Å². The van der Waals surface area contributed by atoms with Gasteiger partial charge in [0.05, 0.1) is 0 Å². The number of para-hydroxylation sites is 1. The van der Waals surface area contributed by atoms with Crippen molar-refractivity contribution in [1.29, 1.82) is 0 Å². The molecule has 1 aromatic rings. The van der Waals surface area contributed by atoms with Crippen LogP contribution in [0.1, 0.15) is 18.9 Å². The molecule has 0 amide bonds. The lowest BCUT2D eigenvalue weighted by Crippen LogP contribution is -2.40. The summed E-state index contributed by atoms with van der Waals surface area (Å²) in [6.45, 7) is 7.86. The molecule has 18 heavy (non-hydrogen) atoms. The van der Waals surface area contributed by atoms with E-state index in [0.29, 0.717) is 6.04 Å². The van der Waals surface area contributed by atoms with Gasteiger partial charge in [0, 0.05) is 42.9 Å². The molecule has 0 aliphatic carbocycles. The molecule has 1 aliphatic rings. The summed E-state index contributed by atoms with van der Waals surface area (Å²) in [5, 5.41) is 3.62. The number of hydrogen-bond donors (Lipinski definition) is 1. The van der Waals surface area contributed by atoms with E-state index < -0.39 is 0 Å². The third-order valence-electron chi connectivity index (χ3n) is 3.58. The Labute approximate surface area is 115 Å². The third kappa shape index (κ3) is 3.66. The van der Waals surface area contributed by atoms with E-state index >= 15 is 0 Å². The van der Waals surface area contributed by atoms with Crippen LogP contribution >= 0.6 is 11.8 Å². The molecule has 0 spiro atoms. The molecule has 1 heterocycles. The summed E-state index contributed by atoms with van der Waals surface area (Å²) in [6, 6.07) is 9.39. The van der Waals surface area contributed by atoms with Gasteiger partial charge >= 0.3 is 0 Å². The highest BCUT2D eigenvalue weighted by Gasteiger charge is 2.14. The average Bonchev–Trinajstić information content (AvgIpc) is 2.42. The summed E-state index contributed by atoms with van der Waals surface area (Å²) in [6.07, 6.45) is 1.25. The molecule has 1 saturated heterocycles. The monoisotopic (exact) mass is 264 g/mol. The van der Waals surface area contributed by atoms with Crippen LogP contribution in [0.25, 0.3) is 0 Å². The summed E-state index contributed by atoms with van der Waals surface area (Å²) in [4.78, 5) is 2.50. The van der Waals surface area contributed by atoms with Crippen molar-refractivity contribution in [3.63, 3.8) is 0 Å². The van der Waals surface area contributed by atoms with Gasteiger partial charge in [-0.15, -0.1) is 0 Å². The van der Waals surface area contributed by atoms with Gasteiger partial charge in [-0.25, -0.2) is 0 Å². The van der Waals surface area contributed by atoms with Gasteiger partial charge in [-0.1, -0.05) is 18.2 Å². The van der Waals surface area contributed by atoms with E-state index in [-0.39, 0.29) is 0 Å². The maximum absolute atomic E-state index is 3.62. The lowest BCUT2D eigenvalue weighted by atomic mass is 10.1. The summed E-state index contributed by atoms with van der Waals surface area (Å²) < 4.78 is 0. The van der Waals surface area contributed by atoms with Crippen LogP contribution < -0.4 is 10.2 Å². The van der Waals surface area contributed by atoms with Crippen molar-refractivity contribution in [2.24, 2.45) is 0 Å². The quantitative estimate of drug-likeness (QED) is 0.880. The maximum Gasteiger partial charge on any atom is 0.0395 e. The second-order valence-corrected chi connectivity index (χ2v) is 6.03. The fourth-order valence-corrected chi connectivity index (χ4v) is 3.48. The number of hydrogen-bond acceptors (Lipinski definition) is 3. The van der Waals surface area contributed by atoms with Gasteiger partial charge in [0.25, 0.3) is 0 Å². The van der Waals surface area contributed by atoms with Crippen LogP contribution in [-0.4, -0.2) is 37.2 Å². The molecule has 0 saturated carbocycles. The molecule has 1 atom stereocenters. The van der Waals surface area contributed by atoms with Crippen LogP contribution in [0, 0.1) is 6.92 Å². The fraction of sp³-hybridized carbons (Fsp3) is 0.600. The van der Waals surface area contributed by atoms with Gasteiger partial charge in [-0.2, -0.15) is 11.8 Å². The molecule has 1 unspecified atom stereocenters. The van der Waals surface area contributed by atoms with E-state index in [1.807, 2.05) is 0 Å². The Balaban J connectivity index is 1.91. The molecule has 3 heteroatoms. The Morgan fingerprint density at radius 2 is 2.22 bits per heavy atom. The first-order chi connectivity index (χ1) is 8.81. The molecular weight excluding hydrogens is 240 g/mol. The Hall–Kier alpha value is -0.670. The highest BCUT2D eigenvalue weighted by molar-refractivity contribution is 7.99. The SMILES string of the molecule is CCN(CCC1CSCCN1)c1ccccc1C. The zero-order valence-corrected chi connectivity index (χ0v) is 12.3. The molecular formula is C15H24N2S. The molecule has 0 radical (unpaired) electrons. The third-order valence-corrected chi connectivity index (χ3v) is 4.71. The van der Waals surface area contributed by atoms with Crippen LogP contribution in [-0.2, 0) is 0 Å². The van der Waals surface area contributed by atoms with Gasteiger partial charge in [0.2, 0.25) is 0 Å². The van der Waals surface area contributed by atoms with Crippen molar-refractivity contribution in [1.82, 2.24) is 5.32 Å². The summed E-state index contributed by atoms with van der Waals surface area (Å²) in [5.74, 6) is 2.54. The first kappa shape index (κ1) is 13.8. The standard InChI is InChI=1S/C15H24N2S/c1-3-17(15-7-5-4-6-13(15)2)10-8-14-12-18-11-9-16-14/h4-7,14,16H,3,8-12H2,1-2H3. The van der Waals surface area contributed by atoms with Crippen LogP contribution in [0.4, 0.5) is 5.69 Å². The summed E-state index contributed by atoms with van der Waals surface area (Å²) in [5.41, 5.74) is 2.77. The van der Waals surface area contributed by atoms with Crippen LogP contribution in [0.5, 0.6) is 0 Å². The Morgan fingerprint density at radius 3 is 2.89 bits per heavy atom. The molecule has 1 fully saturated rings. The van der Waals surface area contributed by atoms with Crippen molar-refractivity contribution in [3.8, 4) is 0 Å². The number of benzene rings is 1. The second-order valence-electron chi connectivity index (χ2n) is 4.88. The van der Waals surface area contributed by atoms with Crippen LogP contribution in [0.2, 0.25) is 0 Å². The van der Waals surface area contributed by atoms with Crippen LogP contribution in [0.15, 0.2) is 24.3 Å². The van der Waals surface area contributed by atoms with Crippen molar-refractivity contribution < 1.29 is 0 Å². The van der Waals surface area contributed by atoms with Gasteiger partial charge in [0.1, 0.15) is 0 Å². The zero-order chi connectivity index (χ0) is 12.8. The average molecular weight is 264 g/mol. The number of nitrogens with zero attached hydrogens (tertiary/aromatic N) is 1. The Morgan fingerprint density at radius 1 is 1.39 bits per heavy atom. The number of rotatable bonds is 5. The molecule has 0 aromatic heterocycles. The number of thioether (sulfide) groups is 1. The Bertz CT molecular complexity index is 361. The maximum atomic E-state index is 3.62. The highest BCUT2D eigenvalue weighted by Crippen LogP contribution is 2.20. The highest BCUT2D eigenvalue weighted by atomic mass is 32.2. The topological polar surface area (TPSA) is 15.3 Å². The molecule has 100 valence electrons.